The van der Waals surface area contributed by atoms with E-state index in [4.69, 9.17) is 5.26 Å². The van der Waals surface area contributed by atoms with Crippen molar-refractivity contribution >= 4 is 5.78 Å². The van der Waals surface area contributed by atoms with Gasteiger partial charge in [-0.15, -0.1) is 0 Å². The number of rotatable bonds is 4. The van der Waals surface area contributed by atoms with Crippen LogP contribution in [-0.2, 0) is 0 Å². The number of nitriles is 1. The van der Waals surface area contributed by atoms with Gasteiger partial charge in [0.05, 0.1) is 11.6 Å². The SMILES string of the molecule is N#Cc1cccc(C(=O)CCC2CCCC2)c1. The molecule has 1 fully saturated rings. The fourth-order valence-corrected chi connectivity index (χ4v) is 2.54. The topological polar surface area (TPSA) is 40.9 Å². The summed E-state index contributed by atoms with van der Waals surface area (Å²) in [4.78, 5) is 12.0. The van der Waals surface area contributed by atoms with Crippen molar-refractivity contribution in [3.8, 4) is 6.07 Å². The van der Waals surface area contributed by atoms with Crippen molar-refractivity contribution in [1.29, 1.82) is 5.26 Å². The van der Waals surface area contributed by atoms with Gasteiger partial charge in [-0.3, -0.25) is 4.79 Å². The molecule has 2 heteroatoms. The number of nitrogens with zero attached hydrogens (tertiary/aromatic N) is 1. The number of benzene rings is 1. The van der Waals surface area contributed by atoms with Gasteiger partial charge in [-0.1, -0.05) is 37.8 Å². The molecule has 0 aliphatic heterocycles. The Bertz CT molecular complexity index is 438. The molecule has 1 aliphatic carbocycles. The Balaban J connectivity index is 1.92. The highest BCUT2D eigenvalue weighted by Gasteiger charge is 2.16. The van der Waals surface area contributed by atoms with E-state index in [1.807, 2.05) is 0 Å². The minimum absolute atomic E-state index is 0.175. The first-order chi connectivity index (χ1) is 8.29. The van der Waals surface area contributed by atoms with E-state index >= 15 is 0 Å². The molecule has 0 atom stereocenters. The summed E-state index contributed by atoms with van der Waals surface area (Å²) in [6.07, 6.45) is 6.84. The molecule has 2 nitrogen and oxygen atoms in total. The number of Topliss-reactive ketones (excluding diaryl/α,β-unsaturated/α-hetero) is 1. The van der Waals surface area contributed by atoms with Gasteiger partial charge in [-0.2, -0.15) is 5.26 Å². The number of ketones is 1. The average molecular weight is 227 g/mol. The molecule has 0 bridgehead atoms. The molecule has 1 aromatic carbocycles. The number of carbonyl (C=O) groups is 1. The second-order valence-electron chi connectivity index (χ2n) is 4.80. The van der Waals surface area contributed by atoms with Gasteiger partial charge in [0.15, 0.2) is 5.78 Å². The molecule has 0 aromatic heterocycles. The van der Waals surface area contributed by atoms with Crippen LogP contribution in [0.25, 0.3) is 0 Å². The molecule has 0 amide bonds. The molecule has 1 saturated carbocycles. The Morgan fingerprint density at radius 3 is 2.82 bits per heavy atom. The lowest BCUT2D eigenvalue weighted by Crippen LogP contribution is -2.03. The van der Waals surface area contributed by atoms with Gasteiger partial charge >= 0.3 is 0 Å². The van der Waals surface area contributed by atoms with Crippen LogP contribution in [0.5, 0.6) is 0 Å². The van der Waals surface area contributed by atoms with E-state index in [1.165, 1.54) is 25.7 Å². The second-order valence-corrected chi connectivity index (χ2v) is 4.80. The van der Waals surface area contributed by atoms with E-state index in [0.29, 0.717) is 17.5 Å². The monoisotopic (exact) mass is 227 g/mol. The van der Waals surface area contributed by atoms with Gasteiger partial charge in [-0.25, -0.2) is 0 Å². The van der Waals surface area contributed by atoms with Crippen molar-refractivity contribution in [3.63, 3.8) is 0 Å². The van der Waals surface area contributed by atoms with Crippen molar-refractivity contribution in [2.45, 2.75) is 38.5 Å². The van der Waals surface area contributed by atoms with Crippen LogP contribution in [0.1, 0.15) is 54.4 Å². The van der Waals surface area contributed by atoms with Gasteiger partial charge < -0.3 is 0 Å². The summed E-state index contributed by atoms with van der Waals surface area (Å²) >= 11 is 0. The first kappa shape index (κ1) is 11.9. The maximum absolute atomic E-state index is 12.0. The van der Waals surface area contributed by atoms with Crippen LogP contribution in [0.2, 0.25) is 0 Å². The van der Waals surface area contributed by atoms with Crippen LogP contribution < -0.4 is 0 Å². The molecular weight excluding hydrogens is 210 g/mol. The predicted octanol–water partition coefficient (Wildman–Crippen LogP) is 3.71. The quantitative estimate of drug-likeness (QED) is 0.736. The van der Waals surface area contributed by atoms with Crippen LogP contribution in [0.3, 0.4) is 0 Å². The molecule has 1 aliphatic rings. The summed E-state index contributed by atoms with van der Waals surface area (Å²) < 4.78 is 0. The van der Waals surface area contributed by atoms with Gasteiger partial charge in [0, 0.05) is 12.0 Å². The maximum atomic E-state index is 12.0. The largest absolute Gasteiger partial charge is 0.294 e. The fraction of sp³-hybridized carbons (Fsp3) is 0.467. The number of hydrogen-bond acceptors (Lipinski definition) is 2. The summed E-state index contributed by atoms with van der Waals surface area (Å²) in [6, 6.07) is 9.07. The first-order valence-corrected chi connectivity index (χ1v) is 6.33. The standard InChI is InChI=1S/C15H17NO/c16-11-13-6-3-7-14(10-13)15(17)9-8-12-4-1-2-5-12/h3,6-7,10,12H,1-2,4-5,8-9H2. The minimum atomic E-state index is 0.175. The zero-order chi connectivity index (χ0) is 12.1. The van der Waals surface area contributed by atoms with Crippen LogP contribution in [0.4, 0.5) is 0 Å². The Morgan fingerprint density at radius 1 is 1.35 bits per heavy atom. The van der Waals surface area contributed by atoms with Crippen LogP contribution in [0.15, 0.2) is 24.3 Å². The highest BCUT2D eigenvalue weighted by molar-refractivity contribution is 5.96. The van der Waals surface area contributed by atoms with E-state index in [2.05, 4.69) is 6.07 Å². The van der Waals surface area contributed by atoms with Crippen LogP contribution >= 0.6 is 0 Å². The molecule has 17 heavy (non-hydrogen) atoms. The van der Waals surface area contributed by atoms with E-state index in [9.17, 15) is 4.79 Å². The summed E-state index contributed by atoms with van der Waals surface area (Å²) in [5, 5.41) is 8.79. The molecular formula is C15H17NO. The summed E-state index contributed by atoms with van der Waals surface area (Å²) in [6.45, 7) is 0. The van der Waals surface area contributed by atoms with E-state index in [1.54, 1.807) is 24.3 Å². The highest BCUT2D eigenvalue weighted by Crippen LogP contribution is 2.29. The van der Waals surface area contributed by atoms with Crippen LogP contribution in [-0.4, -0.2) is 5.78 Å². The predicted molar refractivity (Wildman–Crippen MR) is 66.7 cm³/mol. The Morgan fingerprint density at radius 2 is 2.12 bits per heavy atom. The van der Waals surface area contributed by atoms with Crippen molar-refractivity contribution < 1.29 is 4.79 Å². The Hall–Kier alpha value is -1.62. The average Bonchev–Trinajstić information content (AvgIpc) is 2.89. The van der Waals surface area contributed by atoms with Crippen molar-refractivity contribution in [1.82, 2.24) is 0 Å². The van der Waals surface area contributed by atoms with Gasteiger partial charge in [0.25, 0.3) is 0 Å². The number of hydrogen-bond donors (Lipinski definition) is 0. The summed E-state index contributed by atoms with van der Waals surface area (Å²) in [7, 11) is 0. The molecule has 0 spiro atoms. The third-order valence-electron chi connectivity index (χ3n) is 3.57. The molecule has 0 saturated heterocycles. The molecule has 88 valence electrons. The normalized spacial score (nSPS) is 15.7. The fourth-order valence-electron chi connectivity index (χ4n) is 2.54. The molecule has 0 radical (unpaired) electrons. The van der Waals surface area contributed by atoms with Crippen molar-refractivity contribution in [2.24, 2.45) is 5.92 Å². The minimum Gasteiger partial charge on any atom is -0.294 e. The third-order valence-corrected chi connectivity index (χ3v) is 3.57. The zero-order valence-corrected chi connectivity index (χ0v) is 9.98. The first-order valence-electron chi connectivity index (χ1n) is 6.33. The lowest BCUT2D eigenvalue weighted by molar-refractivity contribution is 0.0974. The van der Waals surface area contributed by atoms with E-state index < -0.39 is 0 Å². The van der Waals surface area contributed by atoms with E-state index in [-0.39, 0.29) is 5.78 Å². The van der Waals surface area contributed by atoms with Crippen LogP contribution in [0, 0.1) is 17.2 Å². The molecule has 0 heterocycles. The van der Waals surface area contributed by atoms with Gasteiger partial charge in [0.1, 0.15) is 0 Å². The molecule has 1 aromatic rings. The highest BCUT2D eigenvalue weighted by atomic mass is 16.1. The lowest BCUT2D eigenvalue weighted by Gasteiger charge is -2.07. The molecule has 2 rings (SSSR count). The van der Waals surface area contributed by atoms with Crippen molar-refractivity contribution in [3.05, 3.63) is 35.4 Å². The van der Waals surface area contributed by atoms with Gasteiger partial charge in [0.2, 0.25) is 0 Å². The number of carbonyl (C=O) groups excluding carboxylic acids is 1. The summed E-state index contributed by atoms with van der Waals surface area (Å²) in [5.74, 6) is 0.923. The molecule has 0 N–H and O–H groups in total. The second kappa shape index (κ2) is 5.63. The lowest BCUT2D eigenvalue weighted by atomic mass is 9.97. The Kier molecular flexibility index (Phi) is 3.93. The third kappa shape index (κ3) is 3.17. The Labute approximate surface area is 102 Å². The smallest absolute Gasteiger partial charge is 0.162 e. The molecule has 0 unspecified atom stereocenters. The summed E-state index contributed by atoms with van der Waals surface area (Å²) in [5.41, 5.74) is 1.25. The zero-order valence-electron chi connectivity index (χ0n) is 9.98. The maximum Gasteiger partial charge on any atom is 0.162 e. The van der Waals surface area contributed by atoms with Crippen molar-refractivity contribution in [2.75, 3.05) is 0 Å². The van der Waals surface area contributed by atoms with E-state index in [0.717, 1.165) is 12.3 Å². The van der Waals surface area contributed by atoms with Gasteiger partial charge in [-0.05, 0) is 24.5 Å².